The minimum Gasteiger partial charge on any atom is -0.349 e. The van der Waals surface area contributed by atoms with E-state index in [0.29, 0.717) is 11.3 Å². The van der Waals surface area contributed by atoms with Crippen molar-refractivity contribution >= 4 is 16.8 Å². The van der Waals surface area contributed by atoms with E-state index >= 15 is 0 Å². The molecule has 1 fully saturated rings. The first-order valence-corrected chi connectivity index (χ1v) is 12.1. The highest BCUT2D eigenvalue weighted by Crippen LogP contribution is 2.28. The van der Waals surface area contributed by atoms with Gasteiger partial charge in [0.1, 0.15) is 5.82 Å². The molecule has 1 N–H and O–H groups in total. The molecule has 2 heterocycles. The average Bonchev–Trinajstić information content (AvgIpc) is 3.21. The van der Waals surface area contributed by atoms with E-state index in [1.165, 1.54) is 31.4 Å². The molecule has 1 aliphatic rings. The van der Waals surface area contributed by atoms with Gasteiger partial charge in [-0.3, -0.25) is 4.79 Å². The van der Waals surface area contributed by atoms with Crippen LogP contribution >= 0.6 is 0 Å². The largest absolute Gasteiger partial charge is 0.349 e. The topological polar surface area (TPSA) is 59.8 Å². The second-order valence-corrected chi connectivity index (χ2v) is 9.12. The molecule has 5 rings (SSSR count). The number of hydrogen-bond acceptors (Lipinski definition) is 3. The maximum absolute atomic E-state index is 13.5. The molecule has 4 aromatic rings. The van der Waals surface area contributed by atoms with Gasteiger partial charge in [-0.1, -0.05) is 50.3 Å². The van der Waals surface area contributed by atoms with Gasteiger partial charge in [-0.05, 0) is 56.2 Å². The molecule has 174 valence electrons. The molecule has 0 unspecified atom stereocenters. The Kier molecular flexibility index (Phi) is 6.39. The standard InChI is InChI=1S/C28H29FN4O/c1-19-25(18-30-33(19)22-15-13-20(29)14-16-22)27-17-24(23-11-7-8-12-26(23)32-27)28(34)31-21-9-5-3-2-4-6-10-21/h7-8,11-18,21H,2-6,9-10H2,1H3,(H,31,34). The van der Waals surface area contributed by atoms with Crippen molar-refractivity contribution in [3.63, 3.8) is 0 Å². The van der Waals surface area contributed by atoms with Crippen LogP contribution in [0.2, 0.25) is 0 Å². The summed E-state index contributed by atoms with van der Waals surface area (Å²) in [6.45, 7) is 1.96. The molecule has 1 aliphatic carbocycles. The quantitative estimate of drug-likeness (QED) is 0.388. The van der Waals surface area contributed by atoms with Crippen LogP contribution in [0.5, 0.6) is 0 Å². The predicted octanol–water partition coefficient (Wildman–Crippen LogP) is 6.38. The normalized spacial score (nSPS) is 15.1. The van der Waals surface area contributed by atoms with E-state index in [1.54, 1.807) is 23.0 Å². The lowest BCUT2D eigenvalue weighted by Crippen LogP contribution is -2.35. The third kappa shape index (κ3) is 4.58. The summed E-state index contributed by atoms with van der Waals surface area (Å²) in [5.41, 5.74) is 4.60. The number of halogens is 1. The smallest absolute Gasteiger partial charge is 0.252 e. The van der Waals surface area contributed by atoms with Crippen molar-refractivity contribution < 1.29 is 9.18 Å². The Balaban J connectivity index is 1.51. The van der Waals surface area contributed by atoms with Crippen molar-refractivity contribution in [3.05, 3.63) is 77.9 Å². The number of pyridine rings is 1. The second kappa shape index (κ2) is 9.75. The fourth-order valence-corrected chi connectivity index (χ4v) is 4.87. The molecule has 34 heavy (non-hydrogen) atoms. The van der Waals surface area contributed by atoms with Crippen molar-refractivity contribution in [2.75, 3.05) is 0 Å². The van der Waals surface area contributed by atoms with Gasteiger partial charge < -0.3 is 5.32 Å². The van der Waals surface area contributed by atoms with Crippen molar-refractivity contribution in [3.8, 4) is 16.9 Å². The minimum absolute atomic E-state index is 0.0472. The summed E-state index contributed by atoms with van der Waals surface area (Å²) in [6, 6.07) is 16.1. The molecule has 6 heteroatoms. The summed E-state index contributed by atoms with van der Waals surface area (Å²) in [6.07, 6.45) is 9.93. The zero-order valence-corrected chi connectivity index (χ0v) is 19.4. The van der Waals surface area contributed by atoms with Gasteiger partial charge in [0.2, 0.25) is 0 Å². The van der Waals surface area contributed by atoms with E-state index in [0.717, 1.165) is 53.5 Å². The first-order valence-electron chi connectivity index (χ1n) is 12.1. The lowest BCUT2D eigenvalue weighted by Gasteiger charge is -2.21. The molecular weight excluding hydrogens is 427 g/mol. The van der Waals surface area contributed by atoms with E-state index < -0.39 is 0 Å². The first kappa shape index (κ1) is 22.3. The Morgan fingerprint density at radius 3 is 2.47 bits per heavy atom. The number of para-hydroxylation sites is 1. The number of aromatic nitrogens is 3. The van der Waals surface area contributed by atoms with E-state index in [2.05, 4.69) is 10.4 Å². The van der Waals surface area contributed by atoms with Crippen LogP contribution in [0.15, 0.2) is 60.8 Å². The summed E-state index contributed by atoms with van der Waals surface area (Å²) in [7, 11) is 0. The van der Waals surface area contributed by atoms with Crippen LogP contribution < -0.4 is 5.32 Å². The van der Waals surface area contributed by atoms with Gasteiger partial charge in [-0.25, -0.2) is 14.1 Å². The number of nitrogens with one attached hydrogen (secondary N) is 1. The molecule has 0 aliphatic heterocycles. The van der Waals surface area contributed by atoms with Gasteiger partial charge in [0.25, 0.3) is 5.91 Å². The highest BCUT2D eigenvalue weighted by atomic mass is 19.1. The molecular formula is C28H29FN4O. The Bertz CT molecular complexity index is 1300. The van der Waals surface area contributed by atoms with Gasteiger partial charge in [-0.15, -0.1) is 0 Å². The summed E-state index contributed by atoms with van der Waals surface area (Å²) in [5.74, 6) is -0.334. The van der Waals surface area contributed by atoms with Crippen molar-refractivity contribution in [1.82, 2.24) is 20.1 Å². The minimum atomic E-state index is -0.287. The highest BCUT2D eigenvalue weighted by Gasteiger charge is 2.20. The van der Waals surface area contributed by atoms with Crippen LogP contribution in [0.25, 0.3) is 27.8 Å². The Morgan fingerprint density at radius 1 is 1.00 bits per heavy atom. The second-order valence-electron chi connectivity index (χ2n) is 9.12. The number of rotatable bonds is 4. The summed E-state index contributed by atoms with van der Waals surface area (Å²) in [4.78, 5) is 18.3. The Hall–Kier alpha value is -3.54. The lowest BCUT2D eigenvalue weighted by molar-refractivity contribution is 0.0932. The lowest BCUT2D eigenvalue weighted by atomic mass is 9.96. The molecule has 1 saturated carbocycles. The molecule has 2 aromatic heterocycles. The van der Waals surface area contributed by atoms with E-state index in [-0.39, 0.29) is 17.8 Å². The van der Waals surface area contributed by atoms with Crippen molar-refractivity contribution in [2.24, 2.45) is 0 Å². The monoisotopic (exact) mass is 456 g/mol. The first-order chi connectivity index (χ1) is 16.6. The van der Waals surface area contributed by atoms with Crippen LogP contribution in [0.1, 0.15) is 61.0 Å². The van der Waals surface area contributed by atoms with Crippen LogP contribution in [0, 0.1) is 12.7 Å². The highest BCUT2D eigenvalue weighted by molar-refractivity contribution is 6.07. The molecule has 0 spiro atoms. The molecule has 2 aromatic carbocycles. The predicted molar refractivity (Wildman–Crippen MR) is 133 cm³/mol. The maximum Gasteiger partial charge on any atom is 0.252 e. The molecule has 0 radical (unpaired) electrons. The third-order valence-corrected chi connectivity index (χ3v) is 6.76. The van der Waals surface area contributed by atoms with Crippen LogP contribution in [0.3, 0.4) is 0 Å². The molecule has 0 atom stereocenters. The van der Waals surface area contributed by atoms with Gasteiger partial charge in [0, 0.05) is 17.0 Å². The summed E-state index contributed by atoms with van der Waals surface area (Å²) >= 11 is 0. The number of hydrogen-bond donors (Lipinski definition) is 1. The van der Waals surface area contributed by atoms with Gasteiger partial charge in [0.15, 0.2) is 0 Å². The van der Waals surface area contributed by atoms with Gasteiger partial charge in [0.05, 0.1) is 34.4 Å². The van der Waals surface area contributed by atoms with Crippen LogP contribution in [-0.2, 0) is 0 Å². The number of benzene rings is 2. The van der Waals surface area contributed by atoms with Crippen molar-refractivity contribution in [2.45, 2.75) is 57.9 Å². The zero-order chi connectivity index (χ0) is 23.5. The number of nitrogens with zero attached hydrogens (tertiary/aromatic N) is 3. The van der Waals surface area contributed by atoms with E-state index in [1.807, 2.05) is 37.3 Å². The number of amides is 1. The fraction of sp³-hybridized carbons (Fsp3) is 0.321. The van der Waals surface area contributed by atoms with Crippen LogP contribution in [0.4, 0.5) is 4.39 Å². The molecule has 0 bridgehead atoms. The fourth-order valence-electron chi connectivity index (χ4n) is 4.87. The van der Waals surface area contributed by atoms with E-state index in [9.17, 15) is 9.18 Å². The molecule has 1 amide bonds. The summed E-state index contributed by atoms with van der Waals surface area (Å²) < 4.78 is 15.1. The number of fused-ring (bicyclic) bond motifs is 1. The average molecular weight is 457 g/mol. The Labute approximate surface area is 199 Å². The summed E-state index contributed by atoms with van der Waals surface area (Å²) in [5, 5.41) is 8.66. The van der Waals surface area contributed by atoms with E-state index in [4.69, 9.17) is 4.98 Å². The zero-order valence-electron chi connectivity index (χ0n) is 19.4. The maximum atomic E-state index is 13.5. The van der Waals surface area contributed by atoms with Crippen molar-refractivity contribution in [1.29, 1.82) is 0 Å². The number of carbonyl (C=O) groups is 1. The SMILES string of the molecule is Cc1c(-c2cc(C(=O)NC3CCCCCCC3)c3ccccc3n2)cnn1-c1ccc(F)cc1. The van der Waals surface area contributed by atoms with Gasteiger partial charge >= 0.3 is 0 Å². The molecule has 0 saturated heterocycles. The molecule has 5 nitrogen and oxygen atoms in total. The number of carbonyl (C=O) groups excluding carboxylic acids is 1. The Morgan fingerprint density at radius 2 is 1.71 bits per heavy atom. The third-order valence-electron chi connectivity index (χ3n) is 6.76. The van der Waals surface area contributed by atoms with Gasteiger partial charge in [-0.2, -0.15) is 5.10 Å². The van der Waals surface area contributed by atoms with Crippen LogP contribution in [-0.4, -0.2) is 26.7 Å².